The zero-order chi connectivity index (χ0) is 15.5. The van der Waals surface area contributed by atoms with E-state index in [1.54, 1.807) is 0 Å². The third-order valence-corrected chi connectivity index (χ3v) is 3.04. The van der Waals surface area contributed by atoms with E-state index in [1.165, 1.54) is 0 Å². The highest BCUT2D eigenvalue weighted by atomic mass is 16.5. The van der Waals surface area contributed by atoms with E-state index in [-0.39, 0.29) is 18.6 Å². The minimum Gasteiger partial charge on any atom is -0.493 e. The first-order valence-electron chi connectivity index (χ1n) is 6.86. The Morgan fingerprint density at radius 2 is 1.90 bits per heavy atom. The van der Waals surface area contributed by atoms with Crippen molar-refractivity contribution in [1.82, 2.24) is 9.78 Å². The first-order chi connectivity index (χ1) is 9.86. The van der Waals surface area contributed by atoms with Crippen LogP contribution in [-0.2, 0) is 10.3 Å². The largest absolute Gasteiger partial charge is 0.493 e. The van der Waals surface area contributed by atoms with E-state index in [0.29, 0.717) is 5.75 Å². The molecule has 1 aromatic carbocycles. The van der Waals surface area contributed by atoms with Gasteiger partial charge in [-0.1, -0.05) is 12.1 Å². The Bertz CT molecular complexity index is 609. The second-order valence-corrected chi connectivity index (χ2v) is 5.86. The molecule has 0 unspecified atom stereocenters. The molecule has 0 saturated carbocycles. The molecule has 5 heteroatoms. The van der Waals surface area contributed by atoms with Crippen molar-refractivity contribution < 1.29 is 14.6 Å². The van der Waals surface area contributed by atoms with E-state index < -0.39 is 5.97 Å². The minimum absolute atomic E-state index is 0.000104. The van der Waals surface area contributed by atoms with Gasteiger partial charge in [-0.3, -0.25) is 9.48 Å². The van der Waals surface area contributed by atoms with Crippen LogP contribution < -0.4 is 4.74 Å². The molecule has 0 spiro atoms. The van der Waals surface area contributed by atoms with Gasteiger partial charge in [0, 0.05) is 11.8 Å². The quantitative estimate of drug-likeness (QED) is 0.918. The van der Waals surface area contributed by atoms with E-state index in [2.05, 4.69) is 25.9 Å². The van der Waals surface area contributed by atoms with Gasteiger partial charge in [-0.2, -0.15) is 5.10 Å². The first kappa shape index (κ1) is 15.1. The topological polar surface area (TPSA) is 64.3 Å². The molecule has 0 aliphatic heterocycles. The van der Waals surface area contributed by atoms with Crippen LogP contribution in [0.5, 0.6) is 5.75 Å². The highest BCUT2D eigenvalue weighted by Gasteiger charge is 2.14. The van der Waals surface area contributed by atoms with Gasteiger partial charge < -0.3 is 9.84 Å². The molecule has 21 heavy (non-hydrogen) atoms. The number of carboxylic acids is 1. The summed E-state index contributed by atoms with van der Waals surface area (Å²) in [7, 11) is 0. The maximum Gasteiger partial charge on any atom is 0.306 e. The third kappa shape index (κ3) is 4.08. The van der Waals surface area contributed by atoms with Crippen LogP contribution in [0.4, 0.5) is 0 Å². The van der Waals surface area contributed by atoms with Crippen molar-refractivity contribution in [3.63, 3.8) is 0 Å². The summed E-state index contributed by atoms with van der Waals surface area (Å²) >= 11 is 0. The van der Waals surface area contributed by atoms with E-state index in [1.807, 2.05) is 41.3 Å². The average Bonchev–Trinajstić information content (AvgIpc) is 2.88. The fraction of sp³-hybridized carbons (Fsp3) is 0.375. The van der Waals surface area contributed by atoms with Gasteiger partial charge in [-0.25, -0.2) is 0 Å². The van der Waals surface area contributed by atoms with Gasteiger partial charge in [0.15, 0.2) is 0 Å². The lowest BCUT2D eigenvalue weighted by Crippen LogP contribution is -2.21. The summed E-state index contributed by atoms with van der Waals surface area (Å²) in [5, 5.41) is 12.9. The summed E-state index contributed by atoms with van der Waals surface area (Å²) < 4.78 is 7.30. The molecule has 0 fully saturated rings. The molecule has 0 amide bonds. The van der Waals surface area contributed by atoms with Crippen molar-refractivity contribution in [2.75, 3.05) is 6.61 Å². The third-order valence-electron chi connectivity index (χ3n) is 3.04. The molecular formula is C16H20N2O3. The van der Waals surface area contributed by atoms with E-state index in [9.17, 15) is 4.79 Å². The lowest BCUT2D eigenvalue weighted by molar-refractivity contribution is -0.137. The van der Waals surface area contributed by atoms with Crippen molar-refractivity contribution in [3.05, 3.63) is 36.7 Å². The smallest absolute Gasteiger partial charge is 0.306 e. The Balaban J connectivity index is 2.05. The van der Waals surface area contributed by atoms with Gasteiger partial charge in [0.05, 0.1) is 24.8 Å². The van der Waals surface area contributed by atoms with Gasteiger partial charge in [0.1, 0.15) is 5.75 Å². The maximum atomic E-state index is 10.4. The molecule has 112 valence electrons. The highest BCUT2D eigenvalue weighted by molar-refractivity contribution is 5.66. The fourth-order valence-electron chi connectivity index (χ4n) is 1.84. The predicted molar refractivity (Wildman–Crippen MR) is 80.4 cm³/mol. The number of benzene rings is 1. The first-order valence-corrected chi connectivity index (χ1v) is 6.86. The SMILES string of the molecule is CC(C)(C)n1cc(-c2ccc(OCCC(=O)O)cc2)cn1. The van der Waals surface area contributed by atoms with Gasteiger partial charge in [-0.05, 0) is 38.5 Å². The second kappa shape index (κ2) is 5.99. The van der Waals surface area contributed by atoms with E-state index in [0.717, 1.165) is 11.1 Å². The van der Waals surface area contributed by atoms with Gasteiger partial charge in [0.2, 0.25) is 0 Å². The summed E-state index contributed by atoms with van der Waals surface area (Å²) in [6, 6.07) is 7.57. The number of aliphatic carboxylic acids is 1. The minimum atomic E-state index is -0.860. The Morgan fingerprint density at radius 1 is 1.24 bits per heavy atom. The van der Waals surface area contributed by atoms with Crippen LogP contribution in [0, 0.1) is 0 Å². The number of nitrogens with zero attached hydrogens (tertiary/aromatic N) is 2. The molecule has 5 nitrogen and oxygen atoms in total. The lowest BCUT2D eigenvalue weighted by atomic mass is 10.1. The van der Waals surface area contributed by atoms with Crippen molar-refractivity contribution in [2.24, 2.45) is 0 Å². The summed E-state index contributed by atoms with van der Waals surface area (Å²) in [6.45, 7) is 6.48. The van der Waals surface area contributed by atoms with E-state index in [4.69, 9.17) is 9.84 Å². The molecule has 2 rings (SSSR count). The van der Waals surface area contributed by atoms with Crippen LogP contribution in [0.25, 0.3) is 11.1 Å². The zero-order valence-corrected chi connectivity index (χ0v) is 12.5. The number of ether oxygens (including phenoxy) is 1. The van der Waals surface area contributed by atoms with E-state index >= 15 is 0 Å². The number of carbonyl (C=O) groups is 1. The molecule has 0 saturated heterocycles. The Hall–Kier alpha value is -2.30. The standard InChI is InChI=1S/C16H20N2O3/c1-16(2,3)18-11-13(10-17-18)12-4-6-14(7-5-12)21-9-8-15(19)20/h4-7,10-11H,8-9H2,1-3H3,(H,19,20). The summed E-state index contributed by atoms with van der Waals surface area (Å²) in [6.07, 6.45) is 3.85. The number of aromatic nitrogens is 2. The van der Waals surface area contributed by atoms with Crippen LogP contribution in [0.2, 0.25) is 0 Å². The average molecular weight is 288 g/mol. The van der Waals surface area contributed by atoms with Crippen molar-refractivity contribution in [1.29, 1.82) is 0 Å². The van der Waals surface area contributed by atoms with Gasteiger partial charge >= 0.3 is 5.97 Å². The number of carboxylic acid groups (broad SMARTS) is 1. The molecule has 1 heterocycles. The fourth-order valence-corrected chi connectivity index (χ4v) is 1.84. The molecule has 2 aromatic rings. The van der Waals surface area contributed by atoms with Crippen LogP contribution in [-0.4, -0.2) is 27.5 Å². The predicted octanol–water partition coefficient (Wildman–Crippen LogP) is 3.16. The molecule has 1 aromatic heterocycles. The molecule has 0 aliphatic carbocycles. The Morgan fingerprint density at radius 3 is 2.43 bits per heavy atom. The summed E-state index contributed by atoms with van der Waals surface area (Å²) in [4.78, 5) is 10.4. The van der Waals surface area contributed by atoms with Crippen molar-refractivity contribution in [2.45, 2.75) is 32.7 Å². The number of hydrogen-bond acceptors (Lipinski definition) is 3. The van der Waals surface area contributed by atoms with Gasteiger partial charge in [0.25, 0.3) is 0 Å². The van der Waals surface area contributed by atoms with Crippen LogP contribution in [0.3, 0.4) is 0 Å². The molecule has 0 bridgehead atoms. The lowest BCUT2D eigenvalue weighted by Gasteiger charge is -2.18. The number of rotatable bonds is 5. The zero-order valence-electron chi connectivity index (χ0n) is 12.5. The monoisotopic (exact) mass is 288 g/mol. The summed E-state index contributed by atoms with van der Waals surface area (Å²) in [5.74, 6) is -0.190. The molecule has 0 atom stereocenters. The van der Waals surface area contributed by atoms with Crippen LogP contribution in [0.1, 0.15) is 27.2 Å². The normalized spacial score (nSPS) is 11.4. The molecule has 1 N–H and O–H groups in total. The second-order valence-electron chi connectivity index (χ2n) is 5.86. The number of hydrogen-bond donors (Lipinski definition) is 1. The van der Waals surface area contributed by atoms with Crippen molar-refractivity contribution >= 4 is 5.97 Å². The van der Waals surface area contributed by atoms with Gasteiger partial charge in [-0.15, -0.1) is 0 Å². The van der Waals surface area contributed by atoms with Crippen LogP contribution >= 0.6 is 0 Å². The van der Waals surface area contributed by atoms with Crippen molar-refractivity contribution in [3.8, 4) is 16.9 Å². The van der Waals surface area contributed by atoms with Crippen LogP contribution in [0.15, 0.2) is 36.7 Å². The maximum absolute atomic E-state index is 10.4. The Labute approximate surface area is 124 Å². The molecular weight excluding hydrogens is 268 g/mol. The molecule has 0 radical (unpaired) electrons. The highest BCUT2D eigenvalue weighted by Crippen LogP contribution is 2.24. The molecule has 0 aliphatic rings. The summed E-state index contributed by atoms with van der Waals surface area (Å²) in [5.41, 5.74) is 2.05. The Kier molecular flexibility index (Phi) is 4.31.